The van der Waals surface area contributed by atoms with Gasteiger partial charge in [0.15, 0.2) is 0 Å². The maximum absolute atomic E-state index is 12.5. The minimum Gasteiger partial charge on any atom is -0.480 e. The SMILES string of the molecule is CC(C)C(C(=O)N(C)C(C)C(=O)O)c1ccccc1. The van der Waals surface area contributed by atoms with E-state index >= 15 is 0 Å². The lowest BCUT2D eigenvalue weighted by molar-refractivity contribution is -0.149. The minimum absolute atomic E-state index is 0.110. The van der Waals surface area contributed by atoms with E-state index in [4.69, 9.17) is 5.11 Å². The molecule has 1 amide bonds. The quantitative estimate of drug-likeness (QED) is 0.887. The van der Waals surface area contributed by atoms with Crippen molar-refractivity contribution < 1.29 is 14.7 Å². The molecule has 1 rings (SSSR count). The molecular formula is C15H21NO3. The molecule has 0 spiro atoms. The lowest BCUT2D eigenvalue weighted by Gasteiger charge is -2.29. The molecule has 0 saturated heterocycles. The number of aliphatic carboxylic acids is 1. The average Bonchev–Trinajstić information content (AvgIpc) is 2.37. The van der Waals surface area contributed by atoms with Crippen LogP contribution in [0.2, 0.25) is 0 Å². The van der Waals surface area contributed by atoms with E-state index in [0.717, 1.165) is 5.56 Å². The lowest BCUT2D eigenvalue weighted by atomic mass is 9.87. The van der Waals surface area contributed by atoms with Crippen LogP contribution in [0.4, 0.5) is 0 Å². The van der Waals surface area contributed by atoms with Gasteiger partial charge in [-0.05, 0) is 18.4 Å². The number of nitrogens with zero attached hydrogens (tertiary/aromatic N) is 1. The van der Waals surface area contributed by atoms with Crippen molar-refractivity contribution in [2.24, 2.45) is 5.92 Å². The summed E-state index contributed by atoms with van der Waals surface area (Å²) in [6, 6.07) is 8.66. The van der Waals surface area contributed by atoms with Crippen LogP contribution in [-0.2, 0) is 9.59 Å². The third-order valence-electron chi connectivity index (χ3n) is 3.38. The Hall–Kier alpha value is -1.84. The molecule has 0 aliphatic carbocycles. The Balaban J connectivity index is 3.01. The van der Waals surface area contributed by atoms with Crippen molar-refractivity contribution in [3.8, 4) is 0 Å². The standard InChI is InChI=1S/C15H21NO3/c1-10(2)13(12-8-6-5-7-9-12)14(17)16(4)11(3)15(18)19/h5-11,13H,1-4H3,(H,18,19). The molecule has 0 saturated carbocycles. The highest BCUT2D eigenvalue weighted by Gasteiger charge is 2.31. The van der Waals surface area contributed by atoms with Gasteiger partial charge >= 0.3 is 5.97 Å². The fourth-order valence-electron chi connectivity index (χ4n) is 2.05. The van der Waals surface area contributed by atoms with Gasteiger partial charge in [-0.15, -0.1) is 0 Å². The molecule has 1 N–H and O–H groups in total. The molecule has 104 valence electrons. The van der Waals surface area contributed by atoms with E-state index < -0.39 is 12.0 Å². The van der Waals surface area contributed by atoms with Gasteiger partial charge in [0.1, 0.15) is 6.04 Å². The number of hydrogen-bond donors (Lipinski definition) is 1. The van der Waals surface area contributed by atoms with E-state index in [1.54, 1.807) is 7.05 Å². The molecule has 0 fully saturated rings. The second-order valence-electron chi connectivity index (χ2n) is 5.10. The summed E-state index contributed by atoms with van der Waals surface area (Å²) in [5.41, 5.74) is 0.923. The molecule has 4 nitrogen and oxygen atoms in total. The topological polar surface area (TPSA) is 57.6 Å². The first-order valence-electron chi connectivity index (χ1n) is 6.40. The molecule has 0 aliphatic rings. The van der Waals surface area contributed by atoms with Gasteiger partial charge in [0.2, 0.25) is 5.91 Å². The predicted molar refractivity (Wildman–Crippen MR) is 73.9 cm³/mol. The van der Waals surface area contributed by atoms with Crippen molar-refractivity contribution in [1.29, 1.82) is 0 Å². The maximum Gasteiger partial charge on any atom is 0.326 e. The van der Waals surface area contributed by atoms with Gasteiger partial charge in [0, 0.05) is 7.05 Å². The maximum atomic E-state index is 12.5. The molecule has 2 atom stereocenters. The zero-order valence-corrected chi connectivity index (χ0v) is 11.8. The van der Waals surface area contributed by atoms with Gasteiger partial charge in [-0.1, -0.05) is 44.2 Å². The van der Waals surface area contributed by atoms with Crippen molar-refractivity contribution >= 4 is 11.9 Å². The Morgan fingerprint density at radius 1 is 1.11 bits per heavy atom. The molecule has 0 radical (unpaired) electrons. The van der Waals surface area contributed by atoms with E-state index in [0.29, 0.717) is 0 Å². The van der Waals surface area contributed by atoms with Crippen molar-refractivity contribution in [3.05, 3.63) is 35.9 Å². The van der Waals surface area contributed by atoms with Gasteiger partial charge in [-0.25, -0.2) is 4.79 Å². The molecule has 19 heavy (non-hydrogen) atoms. The average molecular weight is 263 g/mol. The Labute approximate surface area is 114 Å². The van der Waals surface area contributed by atoms with Gasteiger partial charge in [-0.3, -0.25) is 4.79 Å². The van der Waals surface area contributed by atoms with Crippen LogP contribution in [-0.4, -0.2) is 35.0 Å². The van der Waals surface area contributed by atoms with E-state index in [1.807, 2.05) is 44.2 Å². The summed E-state index contributed by atoms with van der Waals surface area (Å²) in [5.74, 6) is -1.35. The fourth-order valence-corrected chi connectivity index (χ4v) is 2.05. The minimum atomic E-state index is -0.994. The van der Waals surface area contributed by atoms with Gasteiger partial charge in [-0.2, -0.15) is 0 Å². The van der Waals surface area contributed by atoms with E-state index in [9.17, 15) is 9.59 Å². The molecule has 0 bridgehead atoms. The van der Waals surface area contributed by atoms with Crippen molar-refractivity contribution in [2.45, 2.75) is 32.7 Å². The van der Waals surface area contributed by atoms with Crippen molar-refractivity contribution in [2.75, 3.05) is 7.05 Å². The third kappa shape index (κ3) is 3.56. The smallest absolute Gasteiger partial charge is 0.326 e. The zero-order chi connectivity index (χ0) is 14.6. The molecular weight excluding hydrogens is 242 g/mol. The van der Waals surface area contributed by atoms with Crippen LogP contribution in [0.1, 0.15) is 32.3 Å². The number of amides is 1. The molecule has 0 aliphatic heterocycles. The van der Waals surface area contributed by atoms with Crippen LogP contribution in [0.15, 0.2) is 30.3 Å². The van der Waals surface area contributed by atoms with E-state index in [2.05, 4.69) is 0 Å². The fraction of sp³-hybridized carbons (Fsp3) is 0.467. The number of carboxylic acids is 1. The highest BCUT2D eigenvalue weighted by Crippen LogP contribution is 2.26. The van der Waals surface area contributed by atoms with Crippen LogP contribution in [0.3, 0.4) is 0 Å². The molecule has 0 heterocycles. The second-order valence-corrected chi connectivity index (χ2v) is 5.10. The zero-order valence-electron chi connectivity index (χ0n) is 11.8. The first kappa shape index (κ1) is 15.2. The Kier molecular flexibility index (Phi) is 5.10. The summed E-state index contributed by atoms with van der Waals surface area (Å²) in [7, 11) is 1.54. The summed E-state index contributed by atoms with van der Waals surface area (Å²) in [5, 5.41) is 9.00. The van der Waals surface area contributed by atoms with Crippen LogP contribution in [0, 0.1) is 5.92 Å². The normalized spacial score (nSPS) is 13.9. The van der Waals surface area contributed by atoms with Crippen LogP contribution in [0.25, 0.3) is 0 Å². The summed E-state index contributed by atoms with van der Waals surface area (Å²) < 4.78 is 0. The van der Waals surface area contributed by atoms with E-state index in [-0.39, 0.29) is 17.7 Å². The number of hydrogen-bond acceptors (Lipinski definition) is 2. The molecule has 0 aromatic heterocycles. The number of rotatable bonds is 5. The number of carboxylic acid groups (broad SMARTS) is 1. The highest BCUT2D eigenvalue weighted by molar-refractivity contribution is 5.88. The van der Waals surface area contributed by atoms with E-state index in [1.165, 1.54) is 11.8 Å². The molecule has 1 aromatic carbocycles. The Morgan fingerprint density at radius 3 is 2.05 bits per heavy atom. The van der Waals surface area contributed by atoms with Gasteiger partial charge < -0.3 is 10.0 Å². The lowest BCUT2D eigenvalue weighted by Crippen LogP contribution is -2.43. The highest BCUT2D eigenvalue weighted by atomic mass is 16.4. The number of carbonyl (C=O) groups excluding carboxylic acids is 1. The summed E-state index contributed by atoms with van der Waals surface area (Å²) in [6.07, 6.45) is 0. The number of benzene rings is 1. The van der Waals surface area contributed by atoms with Crippen LogP contribution >= 0.6 is 0 Å². The Morgan fingerprint density at radius 2 is 1.63 bits per heavy atom. The second kappa shape index (κ2) is 6.36. The number of carbonyl (C=O) groups is 2. The first-order chi connectivity index (χ1) is 8.86. The number of likely N-dealkylation sites (N-methyl/N-ethyl adjacent to an activating group) is 1. The monoisotopic (exact) mass is 263 g/mol. The summed E-state index contributed by atoms with van der Waals surface area (Å²) in [6.45, 7) is 5.45. The third-order valence-corrected chi connectivity index (χ3v) is 3.38. The van der Waals surface area contributed by atoms with Crippen LogP contribution < -0.4 is 0 Å². The van der Waals surface area contributed by atoms with Gasteiger partial charge in [0.05, 0.1) is 5.92 Å². The largest absolute Gasteiger partial charge is 0.480 e. The predicted octanol–water partition coefficient (Wildman–Crippen LogP) is 2.36. The summed E-state index contributed by atoms with van der Waals surface area (Å²) in [4.78, 5) is 24.8. The molecule has 4 heteroatoms. The molecule has 2 unspecified atom stereocenters. The van der Waals surface area contributed by atoms with Crippen molar-refractivity contribution in [1.82, 2.24) is 4.90 Å². The van der Waals surface area contributed by atoms with Gasteiger partial charge in [0.25, 0.3) is 0 Å². The first-order valence-corrected chi connectivity index (χ1v) is 6.40. The molecule has 1 aromatic rings. The Bertz CT molecular complexity index is 442. The van der Waals surface area contributed by atoms with Crippen molar-refractivity contribution in [3.63, 3.8) is 0 Å². The van der Waals surface area contributed by atoms with Crippen LogP contribution in [0.5, 0.6) is 0 Å². The summed E-state index contributed by atoms with van der Waals surface area (Å²) >= 11 is 0.